The molecular weight excluding hydrogens is 350 g/mol. The summed E-state index contributed by atoms with van der Waals surface area (Å²) >= 11 is 0. The average Bonchev–Trinajstić information content (AvgIpc) is 3.02. The lowest BCUT2D eigenvalue weighted by atomic mass is 9.97. The molecule has 2 saturated heterocycles. The van der Waals surface area contributed by atoms with E-state index in [1.807, 2.05) is 4.90 Å². The number of nitrogens with zero attached hydrogens (tertiary/aromatic N) is 2. The van der Waals surface area contributed by atoms with Gasteiger partial charge in [0, 0.05) is 42.3 Å². The number of amides is 1. The molecule has 28 heavy (non-hydrogen) atoms. The molecule has 5 heteroatoms. The highest BCUT2D eigenvalue weighted by atomic mass is 16.3. The first kappa shape index (κ1) is 19.5. The number of nitrogens with one attached hydrogen (secondary N) is 1. The summed E-state index contributed by atoms with van der Waals surface area (Å²) in [5.41, 5.74) is 5.89. The van der Waals surface area contributed by atoms with E-state index >= 15 is 0 Å². The monoisotopic (exact) mass is 383 g/mol. The molecule has 0 bridgehead atoms. The Labute approximate surface area is 167 Å². The van der Waals surface area contributed by atoms with Crippen LogP contribution in [0.4, 0.5) is 0 Å². The van der Waals surface area contributed by atoms with Crippen LogP contribution >= 0.6 is 0 Å². The van der Waals surface area contributed by atoms with Gasteiger partial charge in [-0.25, -0.2) is 0 Å². The van der Waals surface area contributed by atoms with E-state index in [0.717, 1.165) is 63.1 Å². The van der Waals surface area contributed by atoms with Gasteiger partial charge in [0.1, 0.15) is 0 Å². The lowest BCUT2D eigenvalue weighted by Gasteiger charge is -2.41. The third kappa shape index (κ3) is 3.70. The number of β-amino-alcohol motifs (C(OH)–C–C–N with tert-alkyl or cyclic N) is 1. The maximum Gasteiger partial charge on any atom is 0.227 e. The summed E-state index contributed by atoms with van der Waals surface area (Å²) < 4.78 is 0. The van der Waals surface area contributed by atoms with E-state index in [2.05, 4.69) is 42.8 Å². The van der Waals surface area contributed by atoms with E-state index in [0.29, 0.717) is 12.5 Å². The molecule has 0 saturated carbocycles. The summed E-state index contributed by atoms with van der Waals surface area (Å²) in [5, 5.41) is 11.2. The van der Waals surface area contributed by atoms with Crippen LogP contribution in [0.3, 0.4) is 0 Å². The second-order valence-electron chi connectivity index (χ2n) is 8.76. The van der Waals surface area contributed by atoms with E-state index in [4.69, 9.17) is 0 Å². The number of aromatic nitrogens is 1. The summed E-state index contributed by atoms with van der Waals surface area (Å²) in [6.07, 6.45) is 4.34. The number of aliphatic hydroxyl groups is 1. The lowest BCUT2D eigenvalue weighted by Crippen LogP contribution is -2.50. The molecule has 2 aromatic rings. The number of hydrogen-bond donors (Lipinski definition) is 2. The fourth-order valence-corrected chi connectivity index (χ4v) is 5.09. The van der Waals surface area contributed by atoms with Crippen LogP contribution in [0.5, 0.6) is 0 Å². The van der Waals surface area contributed by atoms with Crippen LogP contribution in [0.15, 0.2) is 12.1 Å². The van der Waals surface area contributed by atoms with Gasteiger partial charge in [0.2, 0.25) is 5.91 Å². The van der Waals surface area contributed by atoms with Crippen LogP contribution < -0.4 is 0 Å². The van der Waals surface area contributed by atoms with Crippen molar-refractivity contribution in [2.45, 2.75) is 65.0 Å². The molecular formula is C23H33N3O2. The Morgan fingerprint density at radius 2 is 1.82 bits per heavy atom. The number of carbonyl (C=O) groups is 1. The molecule has 1 aromatic heterocycles. The Morgan fingerprint density at radius 1 is 1.11 bits per heavy atom. The normalized spacial score (nSPS) is 22.1. The number of hydrogen-bond acceptors (Lipinski definition) is 3. The number of rotatable bonds is 3. The Morgan fingerprint density at radius 3 is 2.54 bits per heavy atom. The van der Waals surface area contributed by atoms with Gasteiger partial charge in [-0.2, -0.15) is 0 Å². The van der Waals surface area contributed by atoms with Crippen molar-refractivity contribution >= 4 is 16.8 Å². The van der Waals surface area contributed by atoms with Crippen molar-refractivity contribution in [3.05, 3.63) is 34.5 Å². The summed E-state index contributed by atoms with van der Waals surface area (Å²) in [6.45, 7) is 9.86. The van der Waals surface area contributed by atoms with E-state index < -0.39 is 0 Å². The molecule has 0 unspecified atom stereocenters. The van der Waals surface area contributed by atoms with Crippen LogP contribution in [0, 0.1) is 20.8 Å². The second kappa shape index (κ2) is 7.88. The zero-order valence-corrected chi connectivity index (χ0v) is 17.4. The van der Waals surface area contributed by atoms with Gasteiger partial charge in [-0.15, -0.1) is 0 Å². The third-order valence-electron chi connectivity index (χ3n) is 6.78. The molecule has 5 nitrogen and oxygen atoms in total. The summed E-state index contributed by atoms with van der Waals surface area (Å²) in [6, 6.07) is 4.80. The summed E-state index contributed by atoms with van der Waals surface area (Å²) in [7, 11) is 0. The molecule has 152 valence electrons. The minimum Gasteiger partial charge on any atom is -0.392 e. The SMILES string of the molecule is Cc1[nH]c2c(C)ccc(C)c2c1CC(=O)N1CCC(N2CCC[C@@H](O)C2)CC1. The van der Waals surface area contributed by atoms with Gasteiger partial charge in [-0.1, -0.05) is 12.1 Å². The van der Waals surface area contributed by atoms with Gasteiger partial charge < -0.3 is 15.0 Å². The number of benzene rings is 1. The van der Waals surface area contributed by atoms with Gasteiger partial charge in [-0.05, 0) is 69.7 Å². The minimum atomic E-state index is -0.176. The molecule has 2 aliphatic heterocycles. The maximum absolute atomic E-state index is 13.1. The molecule has 2 fully saturated rings. The largest absolute Gasteiger partial charge is 0.392 e. The Kier molecular flexibility index (Phi) is 5.48. The van der Waals surface area contributed by atoms with Gasteiger partial charge >= 0.3 is 0 Å². The molecule has 1 amide bonds. The number of aromatic amines is 1. The van der Waals surface area contributed by atoms with E-state index in [1.165, 1.54) is 22.0 Å². The zero-order valence-electron chi connectivity index (χ0n) is 17.4. The number of fused-ring (bicyclic) bond motifs is 1. The number of H-pyrrole nitrogens is 1. The smallest absolute Gasteiger partial charge is 0.227 e. The molecule has 0 radical (unpaired) electrons. The fourth-order valence-electron chi connectivity index (χ4n) is 5.09. The van der Waals surface area contributed by atoms with Crippen molar-refractivity contribution in [2.24, 2.45) is 0 Å². The molecule has 0 spiro atoms. The van der Waals surface area contributed by atoms with Gasteiger partial charge in [0.05, 0.1) is 12.5 Å². The minimum absolute atomic E-state index is 0.176. The number of piperidine rings is 2. The third-order valence-corrected chi connectivity index (χ3v) is 6.78. The predicted molar refractivity (Wildman–Crippen MR) is 113 cm³/mol. The standard InChI is InChI=1S/C23H33N3O2/c1-15-6-7-16(2)23-22(15)20(17(3)24-23)13-21(28)25-11-8-18(9-12-25)26-10-4-5-19(27)14-26/h6-7,18-19,24,27H,4-5,8-14H2,1-3H3/t19-/m1/s1. The van der Waals surface area contributed by atoms with E-state index in [9.17, 15) is 9.90 Å². The van der Waals surface area contributed by atoms with Crippen LogP contribution in [-0.4, -0.2) is 64.1 Å². The first-order valence-electron chi connectivity index (χ1n) is 10.7. The van der Waals surface area contributed by atoms with Crippen LogP contribution in [-0.2, 0) is 11.2 Å². The molecule has 1 atom stereocenters. The van der Waals surface area contributed by atoms with Crippen LogP contribution in [0.2, 0.25) is 0 Å². The highest BCUT2D eigenvalue weighted by Gasteiger charge is 2.30. The van der Waals surface area contributed by atoms with Gasteiger partial charge in [-0.3, -0.25) is 9.69 Å². The maximum atomic E-state index is 13.1. The van der Waals surface area contributed by atoms with Crippen molar-refractivity contribution in [3.8, 4) is 0 Å². The Hall–Kier alpha value is -1.85. The average molecular weight is 384 g/mol. The fraction of sp³-hybridized carbons (Fsp3) is 0.609. The van der Waals surface area contributed by atoms with Crippen molar-refractivity contribution in [1.82, 2.24) is 14.8 Å². The van der Waals surface area contributed by atoms with Crippen LogP contribution in [0.1, 0.15) is 48.1 Å². The zero-order chi connectivity index (χ0) is 19.8. The highest BCUT2D eigenvalue weighted by Crippen LogP contribution is 2.29. The Bertz CT molecular complexity index is 864. The first-order valence-corrected chi connectivity index (χ1v) is 10.7. The van der Waals surface area contributed by atoms with Crippen molar-refractivity contribution in [1.29, 1.82) is 0 Å². The molecule has 4 rings (SSSR count). The number of aliphatic hydroxyl groups excluding tert-OH is 1. The number of likely N-dealkylation sites (tertiary alicyclic amines) is 2. The number of aryl methyl sites for hydroxylation is 3. The van der Waals surface area contributed by atoms with Crippen molar-refractivity contribution in [2.75, 3.05) is 26.2 Å². The van der Waals surface area contributed by atoms with Gasteiger partial charge in [0.15, 0.2) is 0 Å². The topological polar surface area (TPSA) is 59.6 Å². The second-order valence-corrected chi connectivity index (χ2v) is 8.76. The molecule has 2 N–H and O–H groups in total. The van der Waals surface area contributed by atoms with Crippen LogP contribution in [0.25, 0.3) is 10.9 Å². The van der Waals surface area contributed by atoms with Crippen molar-refractivity contribution < 1.29 is 9.90 Å². The number of carbonyl (C=O) groups excluding carboxylic acids is 1. The van der Waals surface area contributed by atoms with E-state index in [-0.39, 0.29) is 12.0 Å². The van der Waals surface area contributed by atoms with Crippen molar-refractivity contribution in [3.63, 3.8) is 0 Å². The molecule has 1 aromatic carbocycles. The van der Waals surface area contributed by atoms with E-state index in [1.54, 1.807) is 0 Å². The highest BCUT2D eigenvalue weighted by molar-refractivity contribution is 5.93. The Balaban J connectivity index is 1.42. The first-order chi connectivity index (χ1) is 13.4. The molecule has 3 heterocycles. The molecule has 0 aliphatic carbocycles. The lowest BCUT2D eigenvalue weighted by molar-refractivity contribution is -0.132. The van der Waals surface area contributed by atoms with Gasteiger partial charge in [0.25, 0.3) is 0 Å². The molecule has 2 aliphatic rings. The summed E-state index contributed by atoms with van der Waals surface area (Å²) in [4.78, 5) is 21.0. The quantitative estimate of drug-likeness (QED) is 0.856. The predicted octanol–water partition coefficient (Wildman–Crippen LogP) is 3.08. The summed E-state index contributed by atoms with van der Waals surface area (Å²) in [5.74, 6) is 0.238.